The van der Waals surface area contributed by atoms with Crippen molar-refractivity contribution in [1.82, 2.24) is 0 Å². The molecule has 0 atom stereocenters. The van der Waals surface area contributed by atoms with Crippen LogP contribution in [0.5, 0.6) is 0 Å². The molecule has 2 aromatic carbocycles. The van der Waals surface area contributed by atoms with E-state index in [1.54, 1.807) is 13.0 Å². The smallest absolute Gasteiger partial charge is 0.313 e. The Kier molecular flexibility index (Phi) is 8.53. The van der Waals surface area contributed by atoms with Gasteiger partial charge in [-0.05, 0) is 62.6 Å². The van der Waals surface area contributed by atoms with Crippen molar-refractivity contribution in [2.24, 2.45) is 5.73 Å². The van der Waals surface area contributed by atoms with Gasteiger partial charge in [-0.1, -0.05) is 36.8 Å². The molecule has 0 heterocycles. The number of benzene rings is 2. The number of hydrogen-bond acceptors (Lipinski definition) is 6. The SMILES string of the molecule is CCOC(=O)CC(=O)C1(N(C)c2ccc(C#CCNc3cccc(C(=N)N)c3)cc2C)CCCC1. The second kappa shape index (κ2) is 11.6. The highest BCUT2D eigenvalue weighted by Crippen LogP contribution is 2.40. The van der Waals surface area contributed by atoms with Gasteiger partial charge in [0, 0.05) is 29.5 Å². The molecule has 0 amide bonds. The van der Waals surface area contributed by atoms with Crippen LogP contribution in [0.2, 0.25) is 0 Å². The number of aryl methyl sites for hydroxylation is 1. The summed E-state index contributed by atoms with van der Waals surface area (Å²) in [5.74, 6) is 5.80. The van der Waals surface area contributed by atoms with Crippen LogP contribution in [-0.2, 0) is 14.3 Å². The van der Waals surface area contributed by atoms with Crippen LogP contribution in [0, 0.1) is 24.2 Å². The molecule has 0 bridgehead atoms. The lowest BCUT2D eigenvalue weighted by molar-refractivity contribution is -0.146. The minimum absolute atomic E-state index is 0.0299. The Morgan fingerprint density at radius 1 is 1.20 bits per heavy atom. The molecule has 4 N–H and O–H groups in total. The first-order valence-electron chi connectivity index (χ1n) is 12.0. The van der Waals surface area contributed by atoms with Crippen molar-refractivity contribution in [2.45, 2.75) is 51.5 Å². The number of carbonyl (C=O) groups excluding carboxylic acids is 2. The molecule has 0 aliphatic heterocycles. The van der Waals surface area contributed by atoms with Crippen LogP contribution in [0.15, 0.2) is 42.5 Å². The van der Waals surface area contributed by atoms with Crippen molar-refractivity contribution in [2.75, 3.05) is 30.4 Å². The molecule has 2 aromatic rings. The summed E-state index contributed by atoms with van der Waals surface area (Å²) < 4.78 is 5.02. The van der Waals surface area contributed by atoms with E-state index in [2.05, 4.69) is 22.1 Å². The number of ether oxygens (including phenoxy) is 1. The van der Waals surface area contributed by atoms with Gasteiger partial charge in [-0.15, -0.1) is 0 Å². The molecule has 0 aromatic heterocycles. The van der Waals surface area contributed by atoms with Crippen molar-refractivity contribution >= 4 is 29.0 Å². The number of nitrogens with zero attached hydrogens (tertiary/aromatic N) is 1. The third-order valence-corrected chi connectivity index (χ3v) is 6.55. The highest BCUT2D eigenvalue weighted by Gasteiger charge is 2.45. The highest BCUT2D eigenvalue weighted by atomic mass is 16.5. The minimum Gasteiger partial charge on any atom is -0.466 e. The number of ketones is 1. The van der Waals surface area contributed by atoms with Crippen LogP contribution in [0.1, 0.15) is 55.7 Å². The lowest BCUT2D eigenvalue weighted by Crippen LogP contribution is -2.52. The van der Waals surface area contributed by atoms with E-state index in [-0.39, 0.29) is 24.6 Å². The van der Waals surface area contributed by atoms with E-state index < -0.39 is 11.5 Å². The van der Waals surface area contributed by atoms with Gasteiger partial charge in [0.2, 0.25) is 0 Å². The Labute approximate surface area is 207 Å². The molecular weight excluding hydrogens is 440 g/mol. The van der Waals surface area contributed by atoms with Crippen LogP contribution >= 0.6 is 0 Å². The molecule has 0 radical (unpaired) electrons. The van der Waals surface area contributed by atoms with Gasteiger partial charge in [-0.2, -0.15) is 0 Å². The normalized spacial score (nSPS) is 13.9. The summed E-state index contributed by atoms with van der Waals surface area (Å²) in [6, 6.07) is 13.3. The number of Topliss-reactive ketones (excluding diaryl/α,β-unsaturated/α-hetero) is 1. The predicted molar refractivity (Wildman–Crippen MR) is 140 cm³/mol. The van der Waals surface area contributed by atoms with E-state index in [0.29, 0.717) is 12.1 Å². The maximum atomic E-state index is 13.2. The van der Waals surface area contributed by atoms with E-state index in [4.69, 9.17) is 15.9 Å². The quantitative estimate of drug-likeness (QED) is 0.167. The maximum absolute atomic E-state index is 13.2. The van der Waals surface area contributed by atoms with Gasteiger partial charge in [0.15, 0.2) is 5.78 Å². The van der Waals surface area contributed by atoms with Gasteiger partial charge < -0.3 is 20.7 Å². The summed E-state index contributed by atoms with van der Waals surface area (Å²) in [7, 11) is 1.95. The van der Waals surface area contributed by atoms with Gasteiger partial charge in [0.05, 0.1) is 18.7 Å². The minimum atomic E-state index is -0.678. The number of amidine groups is 1. The van der Waals surface area contributed by atoms with Gasteiger partial charge in [0.1, 0.15) is 12.3 Å². The molecule has 1 aliphatic rings. The first-order valence-corrected chi connectivity index (χ1v) is 12.0. The molecule has 1 saturated carbocycles. The van der Waals surface area contributed by atoms with Crippen LogP contribution in [0.25, 0.3) is 0 Å². The lowest BCUT2D eigenvalue weighted by Gasteiger charge is -2.40. The summed E-state index contributed by atoms with van der Waals surface area (Å²) in [4.78, 5) is 27.2. The number of nitrogens with one attached hydrogen (secondary N) is 2. The molecule has 3 rings (SSSR count). The summed E-state index contributed by atoms with van der Waals surface area (Å²) >= 11 is 0. The second-order valence-corrected chi connectivity index (χ2v) is 8.85. The summed E-state index contributed by atoms with van der Waals surface area (Å²) in [5.41, 5.74) is 9.27. The van der Waals surface area contributed by atoms with Gasteiger partial charge in [0.25, 0.3) is 0 Å². The Balaban J connectivity index is 1.70. The second-order valence-electron chi connectivity index (χ2n) is 8.85. The summed E-state index contributed by atoms with van der Waals surface area (Å²) in [6.07, 6.45) is 3.20. The van der Waals surface area contributed by atoms with E-state index in [1.165, 1.54) is 0 Å². The zero-order valence-electron chi connectivity index (χ0n) is 20.7. The van der Waals surface area contributed by atoms with Crippen LogP contribution < -0.4 is 16.0 Å². The van der Waals surface area contributed by atoms with Crippen molar-refractivity contribution in [3.05, 3.63) is 59.2 Å². The molecule has 0 unspecified atom stereocenters. The number of anilines is 2. The van der Waals surface area contributed by atoms with Crippen molar-refractivity contribution in [3.8, 4) is 11.8 Å². The maximum Gasteiger partial charge on any atom is 0.313 e. The molecule has 7 nitrogen and oxygen atoms in total. The highest BCUT2D eigenvalue weighted by molar-refractivity contribution is 6.03. The van der Waals surface area contributed by atoms with Crippen LogP contribution in [-0.4, -0.2) is 43.3 Å². The van der Waals surface area contributed by atoms with Crippen molar-refractivity contribution in [3.63, 3.8) is 0 Å². The molecule has 1 fully saturated rings. The number of nitrogen functional groups attached to an aromatic ring is 1. The van der Waals surface area contributed by atoms with Crippen LogP contribution in [0.3, 0.4) is 0 Å². The summed E-state index contributed by atoms with van der Waals surface area (Å²) in [5, 5.41) is 10.8. The Morgan fingerprint density at radius 2 is 1.94 bits per heavy atom. The summed E-state index contributed by atoms with van der Waals surface area (Å²) in [6.45, 7) is 4.49. The average molecular weight is 475 g/mol. The topological polar surface area (TPSA) is 109 Å². The Morgan fingerprint density at radius 3 is 2.60 bits per heavy atom. The monoisotopic (exact) mass is 474 g/mol. The predicted octanol–water partition coefficient (Wildman–Crippen LogP) is 4.01. The number of hydrogen-bond donors (Lipinski definition) is 3. The Hall–Kier alpha value is -3.79. The number of esters is 1. The van der Waals surface area contributed by atoms with Gasteiger partial charge >= 0.3 is 5.97 Å². The van der Waals surface area contributed by atoms with E-state index in [1.807, 2.05) is 50.4 Å². The van der Waals surface area contributed by atoms with Crippen molar-refractivity contribution in [1.29, 1.82) is 5.41 Å². The molecule has 184 valence electrons. The molecule has 1 aliphatic carbocycles. The number of nitrogens with two attached hydrogens (primary N) is 1. The van der Waals surface area contributed by atoms with Crippen molar-refractivity contribution < 1.29 is 14.3 Å². The molecule has 7 heteroatoms. The number of likely N-dealkylation sites (N-methyl/N-ethyl adjacent to an activating group) is 1. The molecule has 0 spiro atoms. The fourth-order valence-corrected chi connectivity index (χ4v) is 4.70. The fraction of sp³-hybridized carbons (Fsp3) is 0.393. The average Bonchev–Trinajstić information content (AvgIpc) is 3.33. The van der Waals surface area contributed by atoms with Gasteiger partial charge in [-0.25, -0.2) is 0 Å². The first kappa shape index (κ1) is 25.8. The lowest BCUT2D eigenvalue weighted by atomic mass is 9.87. The first-order chi connectivity index (χ1) is 16.8. The largest absolute Gasteiger partial charge is 0.466 e. The third kappa shape index (κ3) is 6.21. The zero-order chi connectivity index (χ0) is 25.4. The van der Waals surface area contributed by atoms with Gasteiger partial charge in [-0.3, -0.25) is 15.0 Å². The Bertz CT molecular complexity index is 1160. The van der Waals surface area contributed by atoms with E-state index in [0.717, 1.165) is 48.2 Å². The number of rotatable bonds is 9. The van der Waals surface area contributed by atoms with Crippen LogP contribution in [0.4, 0.5) is 11.4 Å². The number of carbonyl (C=O) groups is 2. The standard InChI is InChI=1S/C28H34N4O3/c1-4-35-26(34)19-25(33)28(14-5-6-15-28)32(3)24-13-12-21(17-20(24)2)9-8-16-31-23-11-7-10-22(18-23)27(29)30/h7,10-13,17-18,31H,4-6,14-16,19H2,1-3H3,(H3,29,30). The van der Waals surface area contributed by atoms with E-state index in [9.17, 15) is 9.59 Å². The third-order valence-electron chi connectivity index (χ3n) is 6.55. The molecular formula is C28H34N4O3. The van der Waals surface area contributed by atoms with E-state index >= 15 is 0 Å². The molecule has 0 saturated heterocycles. The molecule has 35 heavy (non-hydrogen) atoms. The fourth-order valence-electron chi connectivity index (χ4n) is 4.70. The zero-order valence-corrected chi connectivity index (χ0v) is 20.7.